The average Bonchev–Trinajstić information content (AvgIpc) is 2.66. The molecule has 1 N–H and O–H groups in total. The molecule has 1 aliphatic rings. The summed E-state index contributed by atoms with van der Waals surface area (Å²) in [5, 5.41) is 2.42. The minimum atomic E-state index is -4.68. The predicted octanol–water partition coefficient (Wildman–Crippen LogP) is 2.84. The standard InChI is InChI=1S/C18H16F3N3O3/c1-4-10-8-14(11(17(26)27-3)9-13(10)22-2)24-16(25)12-6-5-7-15(23-12)18(19,20)21/h4-9H,1-3H3,(H,24,25)/b10-4-,22-13?. The van der Waals surface area contributed by atoms with Gasteiger partial charge in [-0.3, -0.25) is 9.79 Å². The van der Waals surface area contributed by atoms with E-state index in [1.807, 2.05) is 0 Å². The van der Waals surface area contributed by atoms with Crippen LogP contribution in [0.5, 0.6) is 0 Å². The molecule has 6 nitrogen and oxygen atoms in total. The lowest BCUT2D eigenvalue weighted by molar-refractivity contribution is -0.141. The highest BCUT2D eigenvalue weighted by molar-refractivity contribution is 6.17. The van der Waals surface area contributed by atoms with E-state index in [9.17, 15) is 22.8 Å². The van der Waals surface area contributed by atoms with Crippen molar-refractivity contribution in [3.8, 4) is 0 Å². The van der Waals surface area contributed by atoms with Crippen LogP contribution in [0.1, 0.15) is 23.1 Å². The van der Waals surface area contributed by atoms with E-state index >= 15 is 0 Å². The number of aliphatic imine (C=N–C) groups is 1. The molecule has 27 heavy (non-hydrogen) atoms. The molecule has 0 atom stereocenters. The maximum Gasteiger partial charge on any atom is 0.433 e. The van der Waals surface area contributed by atoms with Gasteiger partial charge in [0.25, 0.3) is 5.91 Å². The minimum Gasteiger partial charge on any atom is -0.465 e. The van der Waals surface area contributed by atoms with Gasteiger partial charge in [0, 0.05) is 7.05 Å². The average molecular weight is 379 g/mol. The first-order valence-electron chi connectivity index (χ1n) is 7.72. The van der Waals surface area contributed by atoms with Crippen molar-refractivity contribution >= 4 is 17.6 Å². The van der Waals surface area contributed by atoms with Crippen molar-refractivity contribution in [1.82, 2.24) is 10.3 Å². The summed E-state index contributed by atoms with van der Waals surface area (Å²) < 4.78 is 43.1. The lowest BCUT2D eigenvalue weighted by Crippen LogP contribution is -2.30. The number of nitrogens with zero attached hydrogens (tertiary/aromatic N) is 2. The fourth-order valence-corrected chi connectivity index (χ4v) is 2.32. The number of carbonyl (C=O) groups excluding carboxylic acids is 2. The van der Waals surface area contributed by atoms with Crippen molar-refractivity contribution in [3.63, 3.8) is 0 Å². The molecule has 142 valence electrons. The Kier molecular flexibility index (Phi) is 5.94. The van der Waals surface area contributed by atoms with Crippen LogP contribution in [0, 0.1) is 0 Å². The monoisotopic (exact) mass is 379 g/mol. The first-order chi connectivity index (χ1) is 12.7. The van der Waals surface area contributed by atoms with Gasteiger partial charge in [0.1, 0.15) is 11.4 Å². The van der Waals surface area contributed by atoms with Crippen molar-refractivity contribution in [2.24, 2.45) is 4.99 Å². The second-order valence-corrected chi connectivity index (χ2v) is 5.32. The zero-order chi connectivity index (χ0) is 20.2. The van der Waals surface area contributed by atoms with E-state index in [1.54, 1.807) is 13.0 Å². The van der Waals surface area contributed by atoms with Crippen molar-refractivity contribution in [2.45, 2.75) is 13.1 Å². The van der Waals surface area contributed by atoms with Crippen LogP contribution in [0.15, 0.2) is 58.3 Å². The molecule has 0 saturated carbocycles. The van der Waals surface area contributed by atoms with Crippen LogP contribution in [0.2, 0.25) is 0 Å². The number of methoxy groups -OCH3 is 1. The number of halogens is 3. The summed E-state index contributed by atoms with van der Waals surface area (Å²) in [5.74, 6) is -1.62. The Labute approximate surface area is 153 Å². The Morgan fingerprint density at radius 1 is 1.26 bits per heavy atom. The fraction of sp³-hybridized carbons (Fsp3) is 0.222. The Balaban J connectivity index is 2.39. The van der Waals surface area contributed by atoms with E-state index in [1.165, 1.54) is 26.3 Å². The third-order valence-electron chi connectivity index (χ3n) is 3.64. The first-order valence-corrected chi connectivity index (χ1v) is 7.72. The molecule has 0 saturated heterocycles. The van der Waals surface area contributed by atoms with Crippen LogP contribution in [0.4, 0.5) is 13.2 Å². The van der Waals surface area contributed by atoms with E-state index in [4.69, 9.17) is 4.74 Å². The Morgan fingerprint density at radius 3 is 2.52 bits per heavy atom. The van der Waals surface area contributed by atoms with Gasteiger partial charge < -0.3 is 10.1 Å². The summed E-state index contributed by atoms with van der Waals surface area (Å²) in [6.07, 6.45) is -0.0555. The number of aromatic nitrogens is 1. The maximum atomic E-state index is 12.8. The number of hydrogen-bond acceptors (Lipinski definition) is 5. The number of ether oxygens (including phenoxy) is 1. The molecule has 0 aromatic carbocycles. The minimum absolute atomic E-state index is 0.0176. The van der Waals surface area contributed by atoms with Crippen molar-refractivity contribution in [3.05, 3.63) is 64.7 Å². The highest BCUT2D eigenvalue weighted by atomic mass is 19.4. The molecule has 1 aromatic rings. The molecule has 1 heterocycles. The van der Waals surface area contributed by atoms with E-state index < -0.39 is 29.4 Å². The zero-order valence-corrected chi connectivity index (χ0v) is 14.7. The molecule has 1 aromatic heterocycles. The van der Waals surface area contributed by atoms with Crippen LogP contribution >= 0.6 is 0 Å². The van der Waals surface area contributed by atoms with Gasteiger partial charge in [-0.1, -0.05) is 12.1 Å². The second kappa shape index (κ2) is 7.98. The number of alkyl halides is 3. The summed E-state index contributed by atoms with van der Waals surface area (Å²) in [6.45, 7) is 1.74. The molecule has 0 unspecified atom stereocenters. The molecule has 2 rings (SSSR count). The van der Waals surface area contributed by atoms with Gasteiger partial charge in [-0.25, -0.2) is 9.78 Å². The number of hydrogen-bond donors (Lipinski definition) is 1. The fourth-order valence-electron chi connectivity index (χ4n) is 2.32. The summed E-state index contributed by atoms with van der Waals surface area (Å²) in [4.78, 5) is 31.8. The van der Waals surface area contributed by atoms with Gasteiger partial charge in [0.2, 0.25) is 0 Å². The topological polar surface area (TPSA) is 80.7 Å². The van der Waals surface area contributed by atoms with Gasteiger partial charge in [0.05, 0.1) is 24.1 Å². The normalized spacial score (nSPS) is 17.4. The van der Waals surface area contributed by atoms with E-state index in [0.29, 0.717) is 11.3 Å². The highest BCUT2D eigenvalue weighted by Crippen LogP contribution is 2.27. The van der Waals surface area contributed by atoms with Crippen LogP contribution in [0.3, 0.4) is 0 Å². The molecule has 0 radical (unpaired) electrons. The molecule has 1 amide bonds. The molecular formula is C18H16F3N3O3. The number of rotatable bonds is 3. The summed E-state index contributed by atoms with van der Waals surface area (Å²) in [6, 6.07) is 2.99. The van der Waals surface area contributed by atoms with Gasteiger partial charge >= 0.3 is 12.1 Å². The quantitative estimate of drug-likeness (QED) is 0.819. The van der Waals surface area contributed by atoms with Crippen molar-refractivity contribution < 1.29 is 27.5 Å². The number of carbonyl (C=O) groups is 2. The van der Waals surface area contributed by atoms with E-state index in [2.05, 4.69) is 15.3 Å². The molecule has 1 aliphatic carbocycles. The molecule has 0 spiro atoms. The third kappa shape index (κ3) is 4.49. The smallest absolute Gasteiger partial charge is 0.433 e. The predicted molar refractivity (Wildman–Crippen MR) is 92.0 cm³/mol. The molecule has 9 heteroatoms. The largest absolute Gasteiger partial charge is 0.465 e. The maximum absolute atomic E-state index is 12.8. The Bertz CT molecular complexity index is 897. The summed E-state index contributed by atoms with van der Waals surface area (Å²) in [7, 11) is 2.71. The number of pyridine rings is 1. The molecule has 0 aliphatic heterocycles. The molecule has 0 fully saturated rings. The second-order valence-electron chi connectivity index (χ2n) is 5.32. The van der Waals surface area contributed by atoms with Crippen molar-refractivity contribution in [1.29, 1.82) is 0 Å². The summed E-state index contributed by atoms with van der Waals surface area (Å²) >= 11 is 0. The Hall–Kier alpha value is -3.23. The number of esters is 1. The van der Waals surface area contributed by atoms with Crippen LogP contribution in [-0.4, -0.2) is 36.7 Å². The SMILES string of the molecule is C/C=C1/C=C(NC(=O)c2cccc(C(F)(F)F)n2)C(C(=O)OC)=CC1=NC. The lowest BCUT2D eigenvalue weighted by atomic mass is 9.96. The number of allylic oxidation sites excluding steroid dienone is 4. The lowest BCUT2D eigenvalue weighted by Gasteiger charge is -2.18. The van der Waals surface area contributed by atoms with Crippen LogP contribution in [-0.2, 0) is 15.7 Å². The van der Waals surface area contributed by atoms with E-state index in [-0.39, 0.29) is 11.3 Å². The summed E-state index contributed by atoms with van der Waals surface area (Å²) in [5.41, 5.74) is -0.417. The Morgan fingerprint density at radius 2 is 1.96 bits per heavy atom. The first kappa shape index (κ1) is 20.1. The van der Waals surface area contributed by atoms with Crippen molar-refractivity contribution in [2.75, 3.05) is 14.2 Å². The highest BCUT2D eigenvalue weighted by Gasteiger charge is 2.33. The van der Waals surface area contributed by atoms with Crippen LogP contribution in [0.25, 0.3) is 0 Å². The van der Waals surface area contributed by atoms with Gasteiger partial charge in [-0.2, -0.15) is 13.2 Å². The van der Waals surface area contributed by atoms with Crippen LogP contribution < -0.4 is 5.32 Å². The van der Waals surface area contributed by atoms with Gasteiger partial charge in [-0.05, 0) is 36.8 Å². The van der Waals surface area contributed by atoms with E-state index in [0.717, 1.165) is 18.2 Å². The third-order valence-corrected chi connectivity index (χ3v) is 3.64. The number of amides is 1. The van der Waals surface area contributed by atoms with Gasteiger partial charge in [-0.15, -0.1) is 0 Å². The molecule has 0 bridgehead atoms. The van der Waals surface area contributed by atoms with Gasteiger partial charge in [0.15, 0.2) is 0 Å². The zero-order valence-electron chi connectivity index (χ0n) is 14.7. The number of nitrogens with one attached hydrogen (secondary N) is 1. The molecular weight excluding hydrogens is 363 g/mol.